The molecule has 0 saturated heterocycles. The molecule has 2 N–H and O–H groups in total. The van der Waals surface area contributed by atoms with Gasteiger partial charge in [-0.3, -0.25) is 4.99 Å². The van der Waals surface area contributed by atoms with Crippen LogP contribution in [0, 0.1) is 5.92 Å². The number of nitrogens with zero attached hydrogens (tertiary/aromatic N) is 1. The van der Waals surface area contributed by atoms with Crippen LogP contribution < -0.4 is 10.6 Å². The minimum Gasteiger partial charge on any atom is -0.469 e. The average molecular weight is 391 g/mol. The first kappa shape index (κ1) is 19.0. The molecule has 1 heterocycles. The van der Waals surface area contributed by atoms with E-state index in [1.165, 1.54) is 0 Å². The fraction of sp³-hybridized carbons (Fsp3) is 0.533. The third-order valence-electron chi connectivity index (χ3n) is 2.99. The van der Waals surface area contributed by atoms with Gasteiger partial charge in [-0.2, -0.15) is 0 Å². The predicted octanol–water partition coefficient (Wildman–Crippen LogP) is 3.21. The fourth-order valence-corrected chi connectivity index (χ4v) is 1.44. The van der Waals surface area contributed by atoms with Crippen molar-refractivity contribution in [2.45, 2.75) is 33.2 Å². The highest BCUT2D eigenvalue weighted by Gasteiger charge is 2.08. The second-order valence-electron chi connectivity index (χ2n) is 4.91. The van der Waals surface area contributed by atoms with Crippen LogP contribution in [0.3, 0.4) is 0 Å². The maximum absolute atomic E-state index is 5.29. The normalized spacial score (nSPS) is 12.7. The number of hydrogen-bond donors (Lipinski definition) is 2. The van der Waals surface area contributed by atoms with E-state index in [2.05, 4.69) is 43.0 Å². The lowest BCUT2D eigenvalue weighted by Crippen LogP contribution is -2.44. The van der Waals surface area contributed by atoms with Gasteiger partial charge >= 0.3 is 0 Å². The zero-order valence-electron chi connectivity index (χ0n) is 12.6. The molecule has 0 aromatic carbocycles. The second kappa shape index (κ2) is 10.8. The van der Waals surface area contributed by atoms with Crippen LogP contribution >= 0.6 is 24.0 Å². The van der Waals surface area contributed by atoms with Gasteiger partial charge in [0.05, 0.1) is 6.26 Å². The SMILES string of the molecule is C=CCNC(=NCCc1ccco1)NC(C)C(C)C.I. The summed E-state index contributed by atoms with van der Waals surface area (Å²) in [6.07, 6.45) is 4.32. The Kier molecular flexibility index (Phi) is 10.2. The Morgan fingerprint density at radius 1 is 1.45 bits per heavy atom. The summed E-state index contributed by atoms with van der Waals surface area (Å²) in [4.78, 5) is 4.55. The van der Waals surface area contributed by atoms with Crippen LogP contribution in [0.4, 0.5) is 0 Å². The monoisotopic (exact) mass is 391 g/mol. The topological polar surface area (TPSA) is 49.6 Å². The smallest absolute Gasteiger partial charge is 0.191 e. The highest BCUT2D eigenvalue weighted by molar-refractivity contribution is 14.0. The number of rotatable bonds is 7. The van der Waals surface area contributed by atoms with E-state index < -0.39 is 0 Å². The first-order valence-electron chi connectivity index (χ1n) is 6.81. The van der Waals surface area contributed by atoms with Crippen LogP contribution in [0.25, 0.3) is 0 Å². The fourth-order valence-electron chi connectivity index (χ4n) is 1.44. The molecule has 1 aromatic rings. The van der Waals surface area contributed by atoms with Crippen molar-refractivity contribution in [1.82, 2.24) is 10.6 Å². The summed E-state index contributed by atoms with van der Waals surface area (Å²) in [5, 5.41) is 6.62. The summed E-state index contributed by atoms with van der Waals surface area (Å²) in [5.74, 6) is 2.34. The lowest BCUT2D eigenvalue weighted by Gasteiger charge is -2.20. The summed E-state index contributed by atoms with van der Waals surface area (Å²) in [5.41, 5.74) is 0. The maximum atomic E-state index is 5.29. The molecule has 1 aromatic heterocycles. The number of guanidine groups is 1. The van der Waals surface area contributed by atoms with Gasteiger partial charge in [-0.15, -0.1) is 30.6 Å². The lowest BCUT2D eigenvalue weighted by atomic mass is 10.1. The zero-order chi connectivity index (χ0) is 14.1. The largest absolute Gasteiger partial charge is 0.469 e. The second-order valence-corrected chi connectivity index (χ2v) is 4.91. The van der Waals surface area contributed by atoms with E-state index >= 15 is 0 Å². The van der Waals surface area contributed by atoms with Crippen molar-refractivity contribution in [3.8, 4) is 0 Å². The van der Waals surface area contributed by atoms with Crippen LogP contribution in [0.2, 0.25) is 0 Å². The third-order valence-corrected chi connectivity index (χ3v) is 2.99. The summed E-state index contributed by atoms with van der Waals surface area (Å²) < 4.78 is 5.29. The summed E-state index contributed by atoms with van der Waals surface area (Å²) in [6.45, 7) is 11.6. The van der Waals surface area contributed by atoms with Gasteiger partial charge in [0.2, 0.25) is 0 Å². The molecule has 1 unspecified atom stereocenters. The number of nitrogens with one attached hydrogen (secondary N) is 2. The molecule has 0 aliphatic heterocycles. The quantitative estimate of drug-likeness (QED) is 0.325. The summed E-state index contributed by atoms with van der Waals surface area (Å²) >= 11 is 0. The Morgan fingerprint density at radius 3 is 2.75 bits per heavy atom. The van der Waals surface area contributed by atoms with E-state index in [0.29, 0.717) is 25.0 Å². The summed E-state index contributed by atoms with van der Waals surface area (Å²) in [6, 6.07) is 4.24. The Morgan fingerprint density at radius 2 is 2.20 bits per heavy atom. The van der Waals surface area contributed by atoms with Gasteiger partial charge in [-0.1, -0.05) is 19.9 Å². The molecule has 0 amide bonds. The molecular formula is C15H26IN3O. The predicted molar refractivity (Wildman–Crippen MR) is 95.8 cm³/mol. The molecule has 0 bridgehead atoms. The van der Waals surface area contributed by atoms with E-state index in [1.807, 2.05) is 18.2 Å². The Balaban J connectivity index is 0.00000361. The van der Waals surface area contributed by atoms with Crippen LogP contribution in [0.1, 0.15) is 26.5 Å². The van der Waals surface area contributed by atoms with Crippen molar-refractivity contribution in [2.24, 2.45) is 10.9 Å². The Bertz CT molecular complexity index is 388. The van der Waals surface area contributed by atoms with Crippen LogP contribution in [-0.2, 0) is 6.42 Å². The lowest BCUT2D eigenvalue weighted by molar-refractivity contribution is 0.480. The van der Waals surface area contributed by atoms with Crippen LogP contribution in [-0.4, -0.2) is 25.1 Å². The molecule has 5 heteroatoms. The minimum absolute atomic E-state index is 0. The van der Waals surface area contributed by atoms with Gasteiger partial charge in [0.1, 0.15) is 5.76 Å². The highest BCUT2D eigenvalue weighted by atomic mass is 127. The van der Waals surface area contributed by atoms with Gasteiger partial charge < -0.3 is 15.1 Å². The molecule has 0 fully saturated rings. The molecule has 114 valence electrons. The van der Waals surface area contributed by atoms with Gasteiger partial charge in [0.25, 0.3) is 0 Å². The molecule has 1 rings (SSSR count). The van der Waals surface area contributed by atoms with Crippen molar-refractivity contribution < 1.29 is 4.42 Å². The van der Waals surface area contributed by atoms with E-state index in [9.17, 15) is 0 Å². The molecule has 4 nitrogen and oxygen atoms in total. The molecule has 20 heavy (non-hydrogen) atoms. The van der Waals surface area contributed by atoms with E-state index in [-0.39, 0.29) is 24.0 Å². The van der Waals surface area contributed by atoms with Crippen molar-refractivity contribution >= 4 is 29.9 Å². The standard InChI is InChI=1S/C15H25N3O.HI/c1-5-9-16-15(18-13(4)12(2)3)17-10-8-14-7-6-11-19-14;/h5-7,11-13H,1,8-10H2,2-4H3,(H2,16,17,18);1H. The minimum atomic E-state index is 0. The van der Waals surface area contributed by atoms with Gasteiger partial charge in [-0.25, -0.2) is 0 Å². The van der Waals surface area contributed by atoms with Gasteiger partial charge in [0, 0.05) is 25.6 Å². The first-order chi connectivity index (χ1) is 9.13. The van der Waals surface area contributed by atoms with Crippen molar-refractivity contribution in [1.29, 1.82) is 0 Å². The molecule has 0 spiro atoms. The molecule has 1 atom stereocenters. The van der Waals surface area contributed by atoms with E-state index in [0.717, 1.165) is 18.1 Å². The number of aliphatic imine (C=N–C) groups is 1. The van der Waals surface area contributed by atoms with Crippen LogP contribution in [0.15, 0.2) is 40.5 Å². The number of hydrogen-bond acceptors (Lipinski definition) is 2. The molecular weight excluding hydrogens is 365 g/mol. The molecule has 0 saturated carbocycles. The molecule has 0 aliphatic carbocycles. The number of furan rings is 1. The van der Waals surface area contributed by atoms with Crippen molar-refractivity contribution in [3.63, 3.8) is 0 Å². The maximum Gasteiger partial charge on any atom is 0.191 e. The van der Waals surface area contributed by atoms with E-state index in [4.69, 9.17) is 4.42 Å². The molecule has 0 aliphatic rings. The Hall–Kier alpha value is -0.980. The highest BCUT2D eigenvalue weighted by Crippen LogP contribution is 2.01. The van der Waals surface area contributed by atoms with Crippen molar-refractivity contribution in [2.75, 3.05) is 13.1 Å². The summed E-state index contributed by atoms with van der Waals surface area (Å²) in [7, 11) is 0. The van der Waals surface area contributed by atoms with E-state index in [1.54, 1.807) is 6.26 Å². The number of halogens is 1. The van der Waals surface area contributed by atoms with Crippen molar-refractivity contribution in [3.05, 3.63) is 36.8 Å². The average Bonchev–Trinajstić information content (AvgIpc) is 2.88. The zero-order valence-corrected chi connectivity index (χ0v) is 14.9. The first-order valence-corrected chi connectivity index (χ1v) is 6.81. The van der Waals surface area contributed by atoms with Crippen LogP contribution in [0.5, 0.6) is 0 Å². The third kappa shape index (κ3) is 7.57. The molecule has 0 radical (unpaired) electrons. The van der Waals surface area contributed by atoms with Gasteiger partial charge in [-0.05, 0) is 25.0 Å². The van der Waals surface area contributed by atoms with Gasteiger partial charge in [0.15, 0.2) is 5.96 Å². The Labute approximate surface area is 139 Å².